The number of hydrogen-bond donors (Lipinski definition) is 3. The van der Waals surface area contributed by atoms with Crippen molar-refractivity contribution in [2.45, 2.75) is 52.2 Å². The Morgan fingerprint density at radius 1 is 1.28 bits per heavy atom. The van der Waals surface area contributed by atoms with E-state index in [9.17, 15) is 5.11 Å². The summed E-state index contributed by atoms with van der Waals surface area (Å²) in [6.45, 7) is 4.52. The summed E-state index contributed by atoms with van der Waals surface area (Å²) in [5.74, 6) is 1.26. The molecule has 0 aliphatic carbocycles. The molecule has 7 nitrogen and oxygen atoms in total. The number of pyridine rings is 1. The van der Waals surface area contributed by atoms with Crippen LogP contribution >= 0.6 is 0 Å². The van der Waals surface area contributed by atoms with Crippen molar-refractivity contribution < 1.29 is 9.84 Å². The number of aliphatic hydroxyl groups excluding tert-OH is 1. The Balaban J connectivity index is 2.09. The van der Waals surface area contributed by atoms with Crippen molar-refractivity contribution in [1.82, 2.24) is 15.0 Å². The van der Waals surface area contributed by atoms with E-state index in [0.29, 0.717) is 24.6 Å². The molecule has 0 spiro atoms. The van der Waals surface area contributed by atoms with Gasteiger partial charge in [0.25, 0.3) is 0 Å². The molecule has 2 heterocycles. The first-order valence-electron chi connectivity index (χ1n) is 8.67. The molecule has 0 radical (unpaired) electrons. The van der Waals surface area contributed by atoms with Crippen molar-refractivity contribution in [2.75, 3.05) is 17.7 Å². The van der Waals surface area contributed by atoms with E-state index in [0.717, 1.165) is 30.7 Å². The van der Waals surface area contributed by atoms with Gasteiger partial charge in [-0.3, -0.25) is 4.98 Å². The van der Waals surface area contributed by atoms with Gasteiger partial charge < -0.3 is 20.9 Å². The average Bonchev–Trinajstić information content (AvgIpc) is 2.59. The summed E-state index contributed by atoms with van der Waals surface area (Å²) in [6, 6.07) is 5.91. The number of nitrogens with one attached hydrogen (secondary N) is 1. The van der Waals surface area contributed by atoms with E-state index in [1.807, 2.05) is 25.1 Å². The number of aliphatic hydroxyl groups is 1. The van der Waals surface area contributed by atoms with Crippen LogP contribution in [0.2, 0.25) is 0 Å². The van der Waals surface area contributed by atoms with Crippen LogP contribution in [0.15, 0.2) is 24.4 Å². The van der Waals surface area contributed by atoms with Gasteiger partial charge in [0.15, 0.2) is 11.6 Å². The van der Waals surface area contributed by atoms with E-state index < -0.39 is 0 Å². The van der Waals surface area contributed by atoms with Crippen LogP contribution in [0.4, 0.5) is 11.8 Å². The van der Waals surface area contributed by atoms with Gasteiger partial charge in [-0.05, 0) is 31.9 Å². The van der Waals surface area contributed by atoms with Crippen molar-refractivity contribution in [3.05, 3.63) is 35.8 Å². The van der Waals surface area contributed by atoms with Crippen LogP contribution in [0.3, 0.4) is 0 Å². The van der Waals surface area contributed by atoms with Gasteiger partial charge in [-0.25, -0.2) is 4.98 Å². The zero-order valence-electron chi connectivity index (χ0n) is 14.9. The average molecular weight is 345 g/mol. The zero-order chi connectivity index (χ0) is 18.1. The second kappa shape index (κ2) is 9.78. The van der Waals surface area contributed by atoms with Gasteiger partial charge in [-0.15, -0.1) is 0 Å². The fourth-order valence-corrected chi connectivity index (χ4v) is 2.51. The summed E-state index contributed by atoms with van der Waals surface area (Å²) < 4.78 is 5.85. The number of rotatable bonds is 10. The standard InChI is InChI=1S/C18H27N5O2/c1-3-4-7-14(9-10-24)22-17-16(11-20-18(19)23-17)25-12-15-8-5-6-13(2)21-15/h5-6,8,11,14,24H,3-4,7,9-10,12H2,1-2H3,(H3,19,20,22,23)/t14-/m0/s1. The fraction of sp³-hybridized carbons (Fsp3) is 0.500. The number of nitrogens with two attached hydrogens (primary N) is 1. The summed E-state index contributed by atoms with van der Waals surface area (Å²) in [4.78, 5) is 12.7. The lowest BCUT2D eigenvalue weighted by Gasteiger charge is -2.20. The molecule has 0 aromatic carbocycles. The molecular formula is C18H27N5O2. The molecule has 25 heavy (non-hydrogen) atoms. The van der Waals surface area contributed by atoms with Gasteiger partial charge >= 0.3 is 0 Å². The molecule has 2 aromatic heterocycles. The van der Waals surface area contributed by atoms with Crippen molar-refractivity contribution in [3.63, 3.8) is 0 Å². The Bertz CT molecular complexity index is 666. The number of hydrogen-bond acceptors (Lipinski definition) is 7. The maximum atomic E-state index is 9.28. The van der Waals surface area contributed by atoms with Crippen LogP contribution < -0.4 is 15.8 Å². The highest BCUT2D eigenvalue weighted by molar-refractivity contribution is 5.51. The van der Waals surface area contributed by atoms with E-state index in [1.54, 1.807) is 6.20 Å². The number of nitrogen functional groups attached to an aromatic ring is 1. The quantitative estimate of drug-likeness (QED) is 0.608. The Morgan fingerprint density at radius 2 is 2.12 bits per heavy atom. The number of nitrogens with zero attached hydrogens (tertiary/aromatic N) is 3. The normalized spacial score (nSPS) is 12.0. The Morgan fingerprint density at radius 3 is 2.84 bits per heavy atom. The highest BCUT2D eigenvalue weighted by atomic mass is 16.5. The lowest BCUT2D eigenvalue weighted by Crippen LogP contribution is -2.22. The van der Waals surface area contributed by atoms with Gasteiger partial charge in [-0.2, -0.15) is 4.98 Å². The molecule has 1 atom stereocenters. The number of aryl methyl sites for hydroxylation is 1. The minimum atomic E-state index is 0.110. The van der Waals surface area contributed by atoms with Crippen LogP contribution in [0.25, 0.3) is 0 Å². The third-order valence-electron chi connectivity index (χ3n) is 3.82. The molecule has 0 bridgehead atoms. The van der Waals surface area contributed by atoms with Crippen LogP contribution in [0, 0.1) is 6.92 Å². The first-order valence-corrected chi connectivity index (χ1v) is 8.67. The maximum Gasteiger partial charge on any atom is 0.222 e. The molecule has 0 saturated carbocycles. The van der Waals surface area contributed by atoms with Crippen molar-refractivity contribution >= 4 is 11.8 Å². The molecule has 0 amide bonds. The van der Waals surface area contributed by atoms with E-state index in [-0.39, 0.29) is 18.6 Å². The van der Waals surface area contributed by atoms with Gasteiger partial charge in [0.05, 0.1) is 11.9 Å². The molecule has 2 rings (SSSR count). The van der Waals surface area contributed by atoms with E-state index in [1.165, 1.54) is 0 Å². The van der Waals surface area contributed by atoms with Crippen LogP contribution in [-0.4, -0.2) is 32.7 Å². The van der Waals surface area contributed by atoms with Crippen LogP contribution in [0.5, 0.6) is 5.75 Å². The first kappa shape index (κ1) is 18.9. The molecular weight excluding hydrogens is 318 g/mol. The minimum Gasteiger partial charge on any atom is -0.482 e. The number of ether oxygens (including phenoxy) is 1. The van der Waals surface area contributed by atoms with Gasteiger partial charge in [0, 0.05) is 18.3 Å². The molecule has 0 fully saturated rings. The van der Waals surface area contributed by atoms with Crippen LogP contribution in [-0.2, 0) is 6.61 Å². The number of unbranched alkanes of at least 4 members (excludes halogenated alkanes) is 1. The lowest BCUT2D eigenvalue weighted by molar-refractivity contribution is 0.275. The summed E-state index contributed by atoms with van der Waals surface area (Å²) in [5.41, 5.74) is 7.50. The van der Waals surface area contributed by atoms with Crippen molar-refractivity contribution in [3.8, 4) is 5.75 Å². The largest absolute Gasteiger partial charge is 0.482 e. The van der Waals surface area contributed by atoms with Crippen molar-refractivity contribution in [2.24, 2.45) is 0 Å². The first-order chi connectivity index (χ1) is 12.1. The smallest absolute Gasteiger partial charge is 0.222 e. The van der Waals surface area contributed by atoms with Gasteiger partial charge in [0.2, 0.25) is 5.95 Å². The second-order valence-corrected chi connectivity index (χ2v) is 6.00. The summed E-state index contributed by atoms with van der Waals surface area (Å²) in [5, 5.41) is 12.6. The minimum absolute atomic E-state index is 0.110. The molecule has 7 heteroatoms. The highest BCUT2D eigenvalue weighted by Gasteiger charge is 2.14. The summed E-state index contributed by atoms with van der Waals surface area (Å²) >= 11 is 0. The Hall–Kier alpha value is -2.41. The SMILES string of the molecule is CCCC[C@@H](CCO)Nc1nc(N)ncc1OCc1cccc(C)n1. The monoisotopic (exact) mass is 345 g/mol. The van der Waals surface area contributed by atoms with Gasteiger partial charge in [0.1, 0.15) is 6.61 Å². The van der Waals surface area contributed by atoms with E-state index in [4.69, 9.17) is 10.5 Å². The zero-order valence-corrected chi connectivity index (χ0v) is 14.9. The molecule has 0 aliphatic heterocycles. The molecule has 2 aromatic rings. The Kier molecular flexibility index (Phi) is 7.40. The predicted octanol–water partition coefficient (Wildman–Crippen LogP) is 2.69. The predicted molar refractivity (Wildman–Crippen MR) is 98.4 cm³/mol. The topological polar surface area (TPSA) is 106 Å². The van der Waals surface area contributed by atoms with Gasteiger partial charge in [-0.1, -0.05) is 25.8 Å². The Labute approximate surface area is 148 Å². The van der Waals surface area contributed by atoms with E-state index in [2.05, 4.69) is 27.2 Å². The molecule has 0 unspecified atom stereocenters. The van der Waals surface area contributed by atoms with Crippen LogP contribution in [0.1, 0.15) is 44.0 Å². The number of aromatic nitrogens is 3. The second-order valence-electron chi connectivity index (χ2n) is 6.00. The molecule has 136 valence electrons. The molecule has 0 aliphatic rings. The third kappa shape index (κ3) is 6.19. The molecule has 4 N–H and O–H groups in total. The fourth-order valence-electron chi connectivity index (χ4n) is 2.51. The van der Waals surface area contributed by atoms with Crippen molar-refractivity contribution in [1.29, 1.82) is 0 Å². The highest BCUT2D eigenvalue weighted by Crippen LogP contribution is 2.25. The maximum absolute atomic E-state index is 9.28. The summed E-state index contributed by atoms with van der Waals surface area (Å²) in [7, 11) is 0. The lowest BCUT2D eigenvalue weighted by atomic mass is 10.1. The summed E-state index contributed by atoms with van der Waals surface area (Å²) in [6.07, 6.45) is 5.32. The third-order valence-corrected chi connectivity index (χ3v) is 3.82. The number of anilines is 2. The van der Waals surface area contributed by atoms with E-state index >= 15 is 0 Å². The molecule has 0 saturated heterocycles.